The van der Waals surface area contributed by atoms with E-state index in [-0.39, 0.29) is 17.0 Å². The lowest BCUT2D eigenvalue weighted by atomic mass is 9.85. The monoisotopic (exact) mass is 374 g/mol. The van der Waals surface area contributed by atoms with Crippen LogP contribution in [-0.2, 0) is 9.53 Å². The van der Waals surface area contributed by atoms with E-state index < -0.39 is 5.97 Å². The normalized spacial score (nSPS) is 26.3. The lowest BCUT2D eigenvalue weighted by molar-refractivity contribution is -0.135. The van der Waals surface area contributed by atoms with Crippen molar-refractivity contribution in [2.75, 3.05) is 63.9 Å². The largest absolute Gasteiger partial charge is 0.477 e. The number of aromatic carboxylic acids is 1. The van der Waals surface area contributed by atoms with Gasteiger partial charge in [-0.2, -0.15) is 0 Å². The fraction of sp³-hybridized carbons (Fsp3) is 0.632. The average Bonchev–Trinajstić information content (AvgIpc) is 3.26. The van der Waals surface area contributed by atoms with Crippen LogP contribution >= 0.6 is 0 Å². The first-order valence-corrected chi connectivity index (χ1v) is 9.61. The molecule has 1 aromatic heterocycles. The van der Waals surface area contributed by atoms with Crippen LogP contribution in [0.15, 0.2) is 18.3 Å². The number of amides is 1. The van der Waals surface area contributed by atoms with Crippen molar-refractivity contribution in [2.24, 2.45) is 5.41 Å². The molecule has 27 heavy (non-hydrogen) atoms. The topological polar surface area (TPSA) is 86.2 Å². The molecule has 3 fully saturated rings. The second-order valence-corrected chi connectivity index (χ2v) is 7.65. The van der Waals surface area contributed by atoms with E-state index in [1.54, 1.807) is 6.07 Å². The minimum absolute atomic E-state index is 0.0401. The Kier molecular flexibility index (Phi) is 5.01. The van der Waals surface area contributed by atoms with E-state index in [0.717, 1.165) is 71.0 Å². The van der Waals surface area contributed by atoms with E-state index >= 15 is 0 Å². The molecular weight excluding hydrogens is 348 g/mol. The minimum atomic E-state index is -1.03. The number of hydrogen-bond donors (Lipinski definition) is 1. The Morgan fingerprint density at radius 1 is 1.19 bits per heavy atom. The van der Waals surface area contributed by atoms with Gasteiger partial charge in [0.05, 0.1) is 18.6 Å². The van der Waals surface area contributed by atoms with E-state index in [1.807, 2.05) is 11.0 Å². The fourth-order valence-electron chi connectivity index (χ4n) is 4.40. The van der Waals surface area contributed by atoms with Gasteiger partial charge in [0.25, 0.3) is 0 Å². The average molecular weight is 374 g/mol. The Morgan fingerprint density at radius 3 is 2.74 bits per heavy atom. The van der Waals surface area contributed by atoms with Gasteiger partial charge in [0, 0.05) is 57.7 Å². The summed E-state index contributed by atoms with van der Waals surface area (Å²) in [6, 6.07) is 3.41. The molecule has 1 spiro atoms. The quantitative estimate of drug-likeness (QED) is 0.805. The molecule has 1 atom stereocenters. The summed E-state index contributed by atoms with van der Waals surface area (Å²) in [5.74, 6) is -0.775. The van der Waals surface area contributed by atoms with Gasteiger partial charge in [-0.1, -0.05) is 0 Å². The highest BCUT2D eigenvalue weighted by Gasteiger charge is 2.50. The summed E-state index contributed by atoms with van der Waals surface area (Å²) in [6.45, 7) is 7.35. The van der Waals surface area contributed by atoms with Gasteiger partial charge in [-0.15, -0.1) is 0 Å². The fourth-order valence-corrected chi connectivity index (χ4v) is 4.40. The number of likely N-dealkylation sites (tertiary alicyclic amines) is 1. The van der Waals surface area contributed by atoms with Crippen LogP contribution in [0, 0.1) is 5.41 Å². The molecule has 1 N–H and O–H groups in total. The third-order valence-corrected chi connectivity index (χ3v) is 6.07. The van der Waals surface area contributed by atoms with Crippen LogP contribution in [0.25, 0.3) is 0 Å². The first-order valence-electron chi connectivity index (χ1n) is 9.61. The number of carboxylic acids is 1. The van der Waals surface area contributed by atoms with Crippen molar-refractivity contribution in [3.8, 4) is 0 Å². The van der Waals surface area contributed by atoms with Crippen molar-refractivity contribution >= 4 is 17.6 Å². The number of rotatable bonds is 5. The van der Waals surface area contributed by atoms with Crippen molar-refractivity contribution in [1.29, 1.82) is 0 Å². The number of carbonyl (C=O) groups is 2. The highest BCUT2D eigenvalue weighted by atomic mass is 16.5. The second kappa shape index (κ2) is 7.44. The summed E-state index contributed by atoms with van der Waals surface area (Å²) in [5, 5.41) is 9.15. The highest BCUT2D eigenvalue weighted by Crippen LogP contribution is 2.42. The zero-order chi connectivity index (χ0) is 18.9. The van der Waals surface area contributed by atoms with Crippen molar-refractivity contribution in [1.82, 2.24) is 14.8 Å². The van der Waals surface area contributed by atoms with Gasteiger partial charge >= 0.3 is 5.97 Å². The number of nitrogens with zero attached hydrogens (tertiary/aromatic N) is 4. The third-order valence-electron chi connectivity index (χ3n) is 6.07. The molecule has 3 aliphatic rings. The molecule has 4 rings (SSSR count). The van der Waals surface area contributed by atoms with Crippen LogP contribution < -0.4 is 4.90 Å². The highest BCUT2D eigenvalue weighted by molar-refractivity contribution is 5.88. The number of hydrogen-bond acceptors (Lipinski definition) is 6. The summed E-state index contributed by atoms with van der Waals surface area (Å²) >= 11 is 0. The Labute approximate surface area is 158 Å². The Bertz CT molecular complexity index is 721. The van der Waals surface area contributed by atoms with Crippen molar-refractivity contribution in [3.63, 3.8) is 0 Å². The van der Waals surface area contributed by atoms with Gasteiger partial charge in [-0.05, 0) is 25.0 Å². The van der Waals surface area contributed by atoms with Crippen molar-refractivity contribution < 1.29 is 19.4 Å². The molecule has 3 aliphatic heterocycles. The number of aromatic nitrogens is 1. The first kappa shape index (κ1) is 18.2. The SMILES string of the molecule is O=C(O)c1cc(N2CCC3(CCN(CCN4CCOCC4)C3=O)C2)ccn1. The third kappa shape index (κ3) is 3.64. The molecule has 0 radical (unpaired) electrons. The van der Waals surface area contributed by atoms with E-state index in [1.165, 1.54) is 6.20 Å². The maximum atomic E-state index is 13.1. The first-order chi connectivity index (χ1) is 13.1. The molecule has 0 aromatic carbocycles. The van der Waals surface area contributed by atoms with Gasteiger partial charge in [0.1, 0.15) is 5.69 Å². The Morgan fingerprint density at radius 2 is 1.96 bits per heavy atom. The Balaban J connectivity index is 1.38. The van der Waals surface area contributed by atoms with Crippen molar-refractivity contribution in [2.45, 2.75) is 12.8 Å². The summed E-state index contributed by atoms with van der Waals surface area (Å²) in [4.78, 5) is 34.6. The molecular formula is C19H26N4O4. The summed E-state index contributed by atoms with van der Waals surface area (Å²) < 4.78 is 5.38. The Hall–Kier alpha value is -2.19. The predicted octanol–water partition coefficient (Wildman–Crippen LogP) is 0.541. The lowest BCUT2D eigenvalue weighted by Crippen LogP contribution is -2.43. The van der Waals surface area contributed by atoms with Crippen LogP contribution in [0.1, 0.15) is 23.3 Å². The lowest BCUT2D eigenvalue weighted by Gasteiger charge is -2.29. The molecule has 1 amide bonds. The van der Waals surface area contributed by atoms with Crippen LogP contribution in [-0.4, -0.2) is 90.8 Å². The number of ether oxygens (including phenoxy) is 1. The van der Waals surface area contributed by atoms with Crippen molar-refractivity contribution in [3.05, 3.63) is 24.0 Å². The van der Waals surface area contributed by atoms with Crippen LogP contribution in [0.4, 0.5) is 5.69 Å². The maximum absolute atomic E-state index is 13.1. The van der Waals surface area contributed by atoms with Gasteiger partial charge in [-0.25, -0.2) is 9.78 Å². The van der Waals surface area contributed by atoms with Crippen LogP contribution in [0.5, 0.6) is 0 Å². The summed E-state index contributed by atoms with van der Waals surface area (Å²) in [6.07, 6.45) is 3.22. The van der Waals surface area contributed by atoms with Crippen LogP contribution in [0.2, 0.25) is 0 Å². The maximum Gasteiger partial charge on any atom is 0.354 e. The minimum Gasteiger partial charge on any atom is -0.477 e. The number of morpholine rings is 1. The molecule has 0 bridgehead atoms. The summed E-state index contributed by atoms with van der Waals surface area (Å²) in [5.41, 5.74) is 0.551. The van der Waals surface area contributed by atoms with Gasteiger partial charge in [0.15, 0.2) is 0 Å². The molecule has 0 saturated carbocycles. The number of carbonyl (C=O) groups excluding carboxylic acids is 1. The number of carboxylic acid groups (broad SMARTS) is 1. The molecule has 4 heterocycles. The smallest absolute Gasteiger partial charge is 0.354 e. The van der Waals surface area contributed by atoms with E-state index in [4.69, 9.17) is 9.84 Å². The van der Waals surface area contributed by atoms with Gasteiger partial charge in [-0.3, -0.25) is 9.69 Å². The summed E-state index contributed by atoms with van der Waals surface area (Å²) in [7, 11) is 0. The van der Waals surface area contributed by atoms with E-state index in [0.29, 0.717) is 6.54 Å². The van der Waals surface area contributed by atoms with Crippen LogP contribution in [0.3, 0.4) is 0 Å². The second-order valence-electron chi connectivity index (χ2n) is 7.65. The molecule has 0 aliphatic carbocycles. The standard InChI is InChI=1S/C19H26N4O4/c24-17(25)16-13-15(1-4-20-16)23-6-3-19(14-23)2-5-22(18(19)26)8-7-21-9-11-27-12-10-21/h1,4,13H,2-3,5-12,14H2,(H,24,25). The molecule has 3 saturated heterocycles. The number of anilines is 1. The van der Waals surface area contributed by atoms with E-state index in [9.17, 15) is 9.59 Å². The zero-order valence-corrected chi connectivity index (χ0v) is 15.5. The molecule has 1 unspecified atom stereocenters. The molecule has 8 heteroatoms. The van der Waals surface area contributed by atoms with E-state index in [2.05, 4.69) is 14.8 Å². The molecule has 8 nitrogen and oxygen atoms in total. The number of pyridine rings is 1. The van der Waals surface area contributed by atoms with Gasteiger partial charge in [0.2, 0.25) is 5.91 Å². The zero-order valence-electron chi connectivity index (χ0n) is 15.5. The predicted molar refractivity (Wildman–Crippen MR) is 98.9 cm³/mol. The molecule has 146 valence electrons. The molecule has 1 aromatic rings. The van der Waals surface area contributed by atoms with Gasteiger partial charge < -0.3 is 19.6 Å².